The van der Waals surface area contributed by atoms with Gasteiger partial charge in [0.1, 0.15) is 6.10 Å². The zero-order valence-electron chi connectivity index (χ0n) is 20.9. The predicted molar refractivity (Wildman–Crippen MR) is 137 cm³/mol. The van der Waals surface area contributed by atoms with Crippen molar-refractivity contribution in [3.05, 3.63) is 0 Å². The number of esters is 2. The van der Waals surface area contributed by atoms with Crippen molar-refractivity contribution < 1.29 is 19.1 Å². The van der Waals surface area contributed by atoms with Crippen LogP contribution in [-0.4, -0.2) is 34.8 Å². The summed E-state index contributed by atoms with van der Waals surface area (Å²) in [5, 5.41) is 0. The van der Waals surface area contributed by atoms with Crippen LogP contribution in [0.25, 0.3) is 0 Å². The summed E-state index contributed by atoms with van der Waals surface area (Å²) < 4.78 is 10.6. The Labute approximate surface area is 216 Å². The number of halogens is 2. The van der Waals surface area contributed by atoms with Crippen molar-refractivity contribution in [3.8, 4) is 0 Å². The van der Waals surface area contributed by atoms with Gasteiger partial charge in [-0.15, -0.1) is 0 Å². The average Bonchev–Trinajstić information content (AvgIpc) is 3.13. The number of carbonyl (C=O) groups excluding carboxylic acids is 2. The van der Waals surface area contributed by atoms with Gasteiger partial charge in [-0.3, -0.25) is 9.59 Å². The maximum atomic E-state index is 11.8. The fourth-order valence-corrected chi connectivity index (χ4v) is 11.7. The summed E-state index contributed by atoms with van der Waals surface area (Å²) in [6, 6.07) is 0. The first-order chi connectivity index (χ1) is 15.5. The third-order valence-electron chi connectivity index (χ3n) is 10.7. The van der Waals surface area contributed by atoms with Crippen LogP contribution < -0.4 is 0 Å². The zero-order chi connectivity index (χ0) is 24.1. The van der Waals surface area contributed by atoms with Gasteiger partial charge < -0.3 is 9.47 Å². The van der Waals surface area contributed by atoms with E-state index in [4.69, 9.17) is 9.47 Å². The van der Waals surface area contributed by atoms with Gasteiger partial charge in [0.05, 0.1) is 7.11 Å². The summed E-state index contributed by atoms with van der Waals surface area (Å²) >= 11 is 8.52. The van der Waals surface area contributed by atoms with Crippen LogP contribution in [0, 0.1) is 46.3 Å². The summed E-state index contributed by atoms with van der Waals surface area (Å²) in [5.41, 5.74) is 0.540. The van der Waals surface area contributed by atoms with E-state index in [0.29, 0.717) is 45.2 Å². The van der Waals surface area contributed by atoms with E-state index in [-0.39, 0.29) is 23.5 Å². The highest BCUT2D eigenvalue weighted by atomic mass is 79.9. The second-order valence-electron chi connectivity index (χ2n) is 12.1. The highest BCUT2D eigenvalue weighted by molar-refractivity contribution is 9.12. The molecule has 0 aliphatic heterocycles. The average molecular weight is 590 g/mol. The van der Waals surface area contributed by atoms with E-state index in [9.17, 15) is 9.59 Å². The molecule has 0 saturated heterocycles. The number of hydrogen-bond acceptors (Lipinski definition) is 4. The molecule has 4 fully saturated rings. The maximum absolute atomic E-state index is 11.8. The van der Waals surface area contributed by atoms with E-state index in [1.807, 2.05) is 0 Å². The minimum Gasteiger partial charge on any atom is -0.469 e. The smallest absolute Gasteiger partial charge is 0.305 e. The van der Waals surface area contributed by atoms with Gasteiger partial charge in [-0.25, -0.2) is 0 Å². The predicted octanol–water partition coefficient (Wildman–Crippen LogP) is 6.91. The topological polar surface area (TPSA) is 52.6 Å². The third kappa shape index (κ3) is 4.36. The van der Waals surface area contributed by atoms with Crippen LogP contribution in [0.1, 0.15) is 85.5 Å². The van der Waals surface area contributed by atoms with Gasteiger partial charge in [0.15, 0.2) is 0 Å². The van der Waals surface area contributed by atoms with Gasteiger partial charge in [-0.2, -0.15) is 0 Å². The van der Waals surface area contributed by atoms with Crippen molar-refractivity contribution in [2.24, 2.45) is 46.3 Å². The lowest BCUT2D eigenvalue weighted by Crippen LogP contribution is -2.62. The normalized spacial score (nSPS) is 47.6. The van der Waals surface area contributed by atoms with Crippen LogP contribution in [-0.2, 0) is 19.1 Å². The second kappa shape index (κ2) is 9.75. The number of rotatable bonds is 5. The van der Waals surface area contributed by atoms with Gasteiger partial charge in [0, 0.05) is 23.0 Å². The van der Waals surface area contributed by atoms with Crippen molar-refractivity contribution in [3.63, 3.8) is 0 Å². The first-order valence-electron chi connectivity index (χ1n) is 13.1. The molecule has 4 rings (SSSR count). The molecule has 0 bridgehead atoms. The van der Waals surface area contributed by atoms with Gasteiger partial charge in [0.25, 0.3) is 0 Å². The molecule has 0 heterocycles. The van der Waals surface area contributed by atoms with E-state index in [1.54, 1.807) is 6.92 Å². The Hall–Kier alpha value is -0.100. The molecule has 0 spiro atoms. The highest BCUT2D eigenvalue weighted by Crippen LogP contribution is 2.70. The Balaban J connectivity index is 1.55. The Morgan fingerprint density at radius 2 is 1.82 bits per heavy atom. The molecule has 4 aliphatic carbocycles. The van der Waals surface area contributed by atoms with Gasteiger partial charge in [-0.05, 0) is 97.7 Å². The van der Waals surface area contributed by atoms with Gasteiger partial charge in [-0.1, -0.05) is 52.6 Å². The largest absolute Gasteiger partial charge is 0.469 e. The summed E-state index contributed by atoms with van der Waals surface area (Å²) in [4.78, 5) is 24.2. The van der Waals surface area contributed by atoms with Crippen molar-refractivity contribution in [2.75, 3.05) is 7.11 Å². The molecule has 0 aromatic rings. The first-order valence-corrected chi connectivity index (χ1v) is 14.9. The van der Waals surface area contributed by atoms with E-state index < -0.39 is 0 Å². The summed E-state index contributed by atoms with van der Waals surface area (Å²) in [6.45, 7) is 8.98. The van der Waals surface area contributed by atoms with Crippen LogP contribution in [0.5, 0.6) is 0 Å². The van der Waals surface area contributed by atoms with Crippen molar-refractivity contribution in [2.45, 2.75) is 101 Å². The molecule has 11 atom stereocenters. The van der Waals surface area contributed by atoms with E-state index in [1.165, 1.54) is 32.8 Å². The Morgan fingerprint density at radius 3 is 2.48 bits per heavy atom. The summed E-state index contributed by atoms with van der Waals surface area (Å²) in [7, 11) is 1.49. The number of ether oxygens (including phenoxy) is 2. The van der Waals surface area contributed by atoms with Crippen LogP contribution in [0.2, 0.25) is 0 Å². The molecule has 33 heavy (non-hydrogen) atoms. The van der Waals surface area contributed by atoms with Crippen molar-refractivity contribution in [1.29, 1.82) is 0 Å². The Morgan fingerprint density at radius 1 is 1.09 bits per heavy atom. The monoisotopic (exact) mass is 588 g/mol. The number of fused-ring (bicyclic) bond motifs is 5. The van der Waals surface area contributed by atoms with Crippen LogP contribution in [0.15, 0.2) is 0 Å². The minimum absolute atomic E-state index is 0.0883. The molecule has 4 aliphatic rings. The molecule has 0 aromatic carbocycles. The SMILES string of the molecule is COC(=O)CCC(C)C1CCC2C3CCC4C[C@H](OC(C)=O)CCC4(C)C3C(Br)C(Br)C12C. The standard InChI is InChI=1S/C27H42Br2O4/c1-15(6-11-22(31)32-5)20-9-10-21-19-8-7-17-14-18(33-16(2)30)12-13-26(17,3)23(19)24(28)25(29)27(20,21)4/h15,17-21,23-25H,6-14H2,1-5H3/t15?,17?,18-,19?,20?,21?,23?,24?,25?,26?,27?/m1/s1. The molecular weight excluding hydrogens is 548 g/mol. The fraction of sp³-hybridized carbons (Fsp3) is 0.926. The molecule has 4 saturated carbocycles. The molecule has 10 unspecified atom stereocenters. The lowest BCUT2D eigenvalue weighted by molar-refractivity contribution is -0.158. The summed E-state index contributed by atoms with van der Waals surface area (Å²) in [5.74, 6) is 3.69. The molecule has 0 radical (unpaired) electrons. The number of methoxy groups -OCH3 is 1. The zero-order valence-corrected chi connectivity index (χ0v) is 24.1. The molecule has 188 valence electrons. The lowest BCUT2D eigenvalue weighted by Gasteiger charge is -2.64. The number of hydrogen-bond donors (Lipinski definition) is 0. The molecule has 6 heteroatoms. The fourth-order valence-electron chi connectivity index (χ4n) is 9.13. The second-order valence-corrected chi connectivity index (χ2v) is 14.1. The van der Waals surface area contributed by atoms with E-state index in [0.717, 1.165) is 37.5 Å². The van der Waals surface area contributed by atoms with Crippen molar-refractivity contribution in [1.82, 2.24) is 0 Å². The number of carbonyl (C=O) groups is 2. The van der Waals surface area contributed by atoms with Gasteiger partial charge >= 0.3 is 11.9 Å². The van der Waals surface area contributed by atoms with E-state index in [2.05, 4.69) is 52.6 Å². The molecule has 0 aromatic heterocycles. The molecule has 0 amide bonds. The van der Waals surface area contributed by atoms with Gasteiger partial charge in [0.2, 0.25) is 0 Å². The molecule has 4 nitrogen and oxygen atoms in total. The Kier molecular flexibility index (Phi) is 7.67. The summed E-state index contributed by atoms with van der Waals surface area (Å²) in [6.07, 6.45) is 9.85. The van der Waals surface area contributed by atoms with Crippen molar-refractivity contribution >= 4 is 43.8 Å². The third-order valence-corrected chi connectivity index (χ3v) is 14.1. The highest BCUT2D eigenvalue weighted by Gasteiger charge is 2.66. The van der Waals surface area contributed by atoms with Crippen LogP contribution in [0.3, 0.4) is 0 Å². The molecular formula is C27H42Br2O4. The Bertz CT molecular complexity index is 758. The van der Waals surface area contributed by atoms with Crippen LogP contribution >= 0.6 is 31.9 Å². The quantitative estimate of drug-likeness (QED) is 0.258. The minimum atomic E-state index is -0.136. The lowest BCUT2D eigenvalue weighted by atomic mass is 9.44. The van der Waals surface area contributed by atoms with E-state index >= 15 is 0 Å². The number of alkyl halides is 2. The van der Waals surface area contributed by atoms with Crippen LogP contribution in [0.4, 0.5) is 0 Å². The maximum Gasteiger partial charge on any atom is 0.305 e. The first kappa shape index (κ1) is 26.0. The molecule has 0 N–H and O–H groups in total.